The Morgan fingerprint density at radius 1 is 0.960 bits per heavy atom. The molecule has 1 aliphatic heterocycles. The molecule has 25 heavy (non-hydrogen) atoms. The molecule has 0 atom stereocenters. The van der Waals surface area contributed by atoms with Gasteiger partial charge in [-0.3, -0.25) is 19.8 Å². The quantitative estimate of drug-likeness (QED) is 0.716. The smallest absolute Gasteiger partial charge is 0.297 e. The number of hydrazine groups is 1. The second-order valence-electron chi connectivity index (χ2n) is 5.51. The molecular weight excluding hydrogens is 322 g/mol. The molecule has 0 saturated carbocycles. The normalized spacial score (nSPS) is 13.2. The molecule has 2 heterocycles. The van der Waals surface area contributed by atoms with E-state index in [-0.39, 0.29) is 11.3 Å². The van der Waals surface area contributed by atoms with E-state index in [1.54, 1.807) is 48.5 Å². The molecule has 2 amide bonds. The van der Waals surface area contributed by atoms with Crippen molar-refractivity contribution in [2.24, 2.45) is 0 Å². The number of methoxy groups -OCH3 is 1. The summed E-state index contributed by atoms with van der Waals surface area (Å²) >= 11 is 0. The number of hydrogen-bond acceptors (Lipinski definition) is 5. The Bertz CT molecular complexity index is 1090. The molecule has 1 aliphatic rings. The average Bonchev–Trinajstić information content (AvgIpc) is 2.87. The zero-order chi connectivity index (χ0) is 17.6. The number of hydrogen-bond donors (Lipinski definition) is 2. The number of nitrogens with one attached hydrogen (secondary N) is 2. The third-order valence-corrected chi connectivity index (χ3v) is 4.08. The van der Waals surface area contributed by atoms with Gasteiger partial charge in [0, 0.05) is 10.9 Å². The average molecular weight is 335 g/mol. The van der Waals surface area contributed by atoms with E-state index in [9.17, 15) is 14.4 Å². The highest BCUT2D eigenvalue weighted by molar-refractivity contribution is 6.22. The second kappa shape index (κ2) is 5.48. The van der Waals surface area contributed by atoms with Gasteiger partial charge in [0.25, 0.3) is 11.8 Å². The zero-order valence-electron chi connectivity index (χ0n) is 13.2. The summed E-state index contributed by atoms with van der Waals surface area (Å²) in [6, 6.07) is 13.6. The van der Waals surface area contributed by atoms with Gasteiger partial charge in [-0.15, -0.1) is 0 Å². The molecule has 2 aromatic carbocycles. The van der Waals surface area contributed by atoms with Crippen LogP contribution in [0.4, 0.5) is 5.69 Å². The maximum atomic E-state index is 12.7. The maximum absolute atomic E-state index is 12.7. The van der Waals surface area contributed by atoms with E-state index in [2.05, 4.69) is 10.4 Å². The number of para-hydroxylation sites is 3. The van der Waals surface area contributed by atoms with Crippen molar-refractivity contribution in [1.82, 2.24) is 9.99 Å². The zero-order valence-corrected chi connectivity index (χ0v) is 13.2. The number of nitrogens with zero attached hydrogens (tertiary/aromatic N) is 1. The van der Waals surface area contributed by atoms with Gasteiger partial charge < -0.3 is 9.72 Å². The van der Waals surface area contributed by atoms with Gasteiger partial charge in [-0.1, -0.05) is 24.3 Å². The minimum atomic E-state index is -0.696. The number of aromatic amines is 1. The first-order valence-electron chi connectivity index (χ1n) is 7.55. The molecular formula is C18H13N3O4. The summed E-state index contributed by atoms with van der Waals surface area (Å²) in [7, 11) is 1.49. The summed E-state index contributed by atoms with van der Waals surface area (Å²) in [6.45, 7) is 0. The van der Waals surface area contributed by atoms with Crippen LogP contribution < -0.4 is 15.6 Å². The van der Waals surface area contributed by atoms with Gasteiger partial charge in [0.15, 0.2) is 0 Å². The monoisotopic (exact) mass is 335 g/mol. The lowest BCUT2D eigenvalue weighted by Crippen LogP contribution is -2.36. The number of carbonyl (C=O) groups is 2. The molecule has 124 valence electrons. The summed E-state index contributed by atoms with van der Waals surface area (Å²) in [5.41, 5.74) is 3.04. The molecule has 7 heteroatoms. The molecule has 4 rings (SSSR count). The molecule has 7 nitrogen and oxygen atoms in total. The van der Waals surface area contributed by atoms with E-state index in [0.717, 1.165) is 5.01 Å². The molecule has 0 radical (unpaired) electrons. The van der Waals surface area contributed by atoms with E-state index >= 15 is 0 Å². The molecule has 0 spiro atoms. The second-order valence-corrected chi connectivity index (χ2v) is 5.51. The maximum Gasteiger partial charge on any atom is 0.297 e. The van der Waals surface area contributed by atoms with Crippen molar-refractivity contribution in [2.45, 2.75) is 0 Å². The summed E-state index contributed by atoms with van der Waals surface area (Å²) in [4.78, 5) is 40.8. The third kappa shape index (κ3) is 2.17. The number of benzene rings is 2. The highest BCUT2D eigenvalue weighted by atomic mass is 16.5. The van der Waals surface area contributed by atoms with Crippen LogP contribution in [0.3, 0.4) is 0 Å². The molecule has 0 fully saturated rings. The molecule has 0 bridgehead atoms. The van der Waals surface area contributed by atoms with Crippen LogP contribution in [0.1, 0.15) is 20.8 Å². The van der Waals surface area contributed by atoms with Crippen molar-refractivity contribution in [3.63, 3.8) is 0 Å². The number of imide groups is 1. The Labute approximate surface area is 141 Å². The summed E-state index contributed by atoms with van der Waals surface area (Å²) < 4.78 is 5.21. The Hall–Kier alpha value is -3.61. The predicted molar refractivity (Wildman–Crippen MR) is 91.7 cm³/mol. The number of rotatable bonds is 3. The van der Waals surface area contributed by atoms with Crippen molar-refractivity contribution in [2.75, 3.05) is 12.5 Å². The van der Waals surface area contributed by atoms with Crippen LogP contribution in [0, 0.1) is 0 Å². The summed E-state index contributed by atoms with van der Waals surface area (Å²) in [5.74, 6) is -0.845. The van der Waals surface area contributed by atoms with Crippen LogP contribution in [0.25, 0.3) is 10.9 Å². The molecule has 3 aromatic rings. The van der Waals surface area contributed by atoms with Crippen LogP contribution in [-0.2, 0) is 0 Å². The van der Waals surface area contributed by atoms with Crippen LogP contribution in [-0.4, -0.2) is 28.9 Å². The van der Waals surface area contributed by atoms with E-state index in [0.29, 0.717) is 22.3 Å². The number of carbonyl (C=O) groups excluding carboxylic acids is 2. The lowest BCUT2D eigenvalue weighted by atomic mass is 10.1. The van der Waals surface area contributed by atoms with Crippen LogP contribution in [0.5, 0.6) is 5.75 Å². The fraction of sp³-hybridized carbons (Fsp3) is 0.0556. The van der Waals surface area contributed by atoms with Crippen molar-refractivity contribution in [3.05, 3.63) is 70.0 Å². The first kappa shape index (κ1) is 14.9. The van der Waals surface area contributed by atoms with Crippen molar-refractivity contribution >= 4 is 28.4 Å². The topological polar surface area (TPSA) is 91.5 Å². The first-order valence-corrected chi connectivity index (χ1v) is 7.55. The van der Waals surface area contributed by atoms with Gasteiger partial charge in [-0.05, 0) is 24.3 Å². The number of pyridine rings is 1. The van der Waals surface area contributed by atoms with Gasteiger partial charge >= 0.3 is 0 Å². The number of amides is 2. The van der Waals surface area contributed by atoms with Crippen molar-refractivity contribution in [1.29, 1.82) is 0 Å². The molecule has 1 aromatic heterocycles. The Morgan fingerprint density at radius 3 is 2.48 bits per heavy atom. The SMILES string of the molecule is COc1ccccc1NN1C(=O)c2[nH]c3ccccc3c(=O)c2C1=O. The highest BCUT2D eigenvalue weighted by Crippen LogP contribution is 2.27. The third-order valence-electron chi connectivity index (χ3n) is 4.08. The van der Waals surface area contributed by atoms with Crippen molar-refractivity contribution in [3.8, 4) is 5.75 Å². The number of anilines is 1. The summed E-state index contributed by atoms with van der Waals surface area (Å²) in [6.07, 6.45) is 0. The standard InChI is InChI=1S/C18H13N3O4/c1-25-13-9-5-4-8-12(13)20-21-17(23)14-15(18(21)24)19-11-7-3-2-6-10(11)16(14)22/h2-9,20H,1H3,(H,19,22). The van der Waals surface area contributed by atoms with Gasteiger partial charge in [0.05, 0.1) is 12.8 Å². The predicted octanol–water partition coefficient (Wildman–Crippen LogP) is 2.16. The van der Waals surface area contributed by atoms with E-state index in [4.69, 9.17) is 4.74 Å². The summed E-state index contributed by atoms with van der Waals surface area (Å²) in [5, 5.41) is 1.18. The Balaban J connectivity index is 1.82. The van der Waals surface area contributed by atoms with Gasteiger partial charge in [0.1, 0.15) is 17.0 Å². The molecule has 2 N–H and O–H groups in total. The number of aromatic nitrogens is 1. The minimum Gasteiger partial charge on any atom is -0.495 e. The fourth-order valence-electron chi connectivity index (χ4n) is 2.87. The molecule has 0 unspecified atom stereocenters. The molecule has 0 aliphatic carbocycles. The number of fused-ring (bicyclic) bond motifs is 2. The van der Waals surface area contributed by atoms with Crippen molar-refractivity contribution < 1.29 is 14.3 Å². The Morgan fingerprint density at radius 2 is 1.68 bits per heavy atom. The van der Waals surface area contributed by atoms with E-state index in [1.165, 1.54) is 7.11 Å². The number of ether oxygens (including phenoxy) is 1. The largest absolute Gasteiger partial charge is 0.495 e. The lowest BCUT2D eigenvalue weighted by Gasteiger charge is -2.18. The van der Waals surface area contributed by atoms with Gasteiger partial charge in [-0.2, -0.15) is 5.01 Å². The van der Waals surface area contributed by atoms with Crippen LogP contribution in [0.15, 0.2) is 53.3 Å². The highest BCUT2D eigenvalue weighted by Gasteiger charge is 2.40. The van der Waals surface area contributed by atoms with Gasteiger partial charge in [0.2, 0.25) is 5.43 Å². The van der Waals surface area contributed by atoms with Crippen LogP contribution >= 0.6 is 0 Å². The number of H-pyrrole nitrogens is 1. The van der Waals surface area contributed by atoms with Crippen LogP contribution in [0.2, 0.25) is 0 Å². The Kier molecular flexibility index (Phi) is 3.28. The van der Waals surface area contributed by atoms with E-state index in [1.807, 2.05) is 0 Å². The lowest BCUT2D eigenvalue weighted by molar-refractivity contribution is 0.0689. The minimum absolute atomic E-state index is 0.0175. The fourth-order valence-corrected chi connectivity index (χ4v) is 2.87. The first-order chi connectivity index (χ1) is 12.1. The van der Waals surface area contributed by atoms with Gasteiger partial charge in [-0.25, -0.2) is 0 Å². The van der Waals surface area contributed by atoms with E-state index < -0.39 is 17.2 Å². The molecule has 0 saturated heterocycles.